The molecule has 88 valence electrons. The van der Waals surface area contributed by atoms with Crippen LogP contribution in [0.1, 0.15) is 5.56 Å². The fourth-order valence-electron chi connectivity index (χ4n) is 1.42. The Kier molecular flexibility index (Phi) is 3.49. The summed E-state index contributed by atoms with van der Waals surface area (Å²) in [5.41, 5.74) is -0.0853. The smallest absolute Gasteiger partial charge is 0.314 e. The molecule has 0 amide bonds. The zero-order chi connectivity index (χ0) is 12.4. The van der Waals surface area contributed by atoms with Crippen LogP contribution in [0.3, 0.4) is 0 Å². The number of aromatic amines is 1. The van der Waals surface area contributed by atoms with Crippen LogP contribution >= 0.6 is 27.5 Å². The summed E-state index contributed by atoms with van der Waals surface area (Å²) in [6.45, 7) is 0.154. The highest BCUT2D eigenvalue weighted by Gasteiger charge is 2.05. The van der Waals surface area contributed by atoms with Gasteiger partial charge in [0.2, 0.25) is 0 Å². The minimum absolute atomic E-state index is 0.154. The normalized spacial score (nSPS) is 10.5. The number of hydrogen-bond donors (Lipinski definition) is 1. The first-order valence-electron chi connectivity index (χ1n) is 4.80. The van der Waals surface area contributed by atoms with Crippen molar-refractivity contribution in [2.24, 2.45) is 0 Å². The van der Waals surface area contributed by atoms with E-state index >= 15 is 0 Å². The van der Waals surface area contributed by atoms with Gasteiger partial charge in [0.1, 0.15) is 0 Å². The minimum atomic E-state index is -0.448. The summed E-state index contributed by atoms with van der Waals surface area (Å²) in [5.74, 6) is 0. The van der Waals surface area contributed by atoms with Gasteiger partial charge in [0.05, 0.1) is 6.54 Å². The maximum absolute atomic E-state index is 11.5. The van der Waals surface area contributed by atoms with E-state index in [0.29, 0.717) is 10.6 Å². The molecule has 0 atom stereocenters. The third-order valence-electron chi connectivity index (χ3n) is 2.29. The van der Waals surface area contributed by atoms with Gasteiger partial charge in [-0.3, -0.25) is 9.36 Å². The fraction of sp³-hybridized carbons (Fsp3) is 0.0909. The van der Waals surface area contributed by atoms with Gasteiger partial charge in [0.25, 0.3) is 5.56 Å². The zero-order valence-electron chi connectivity index (χ0n) is 8.61. The first-order valence-corrected chi connectivity index (χ1v) is 5.97. The maximum atomic E-state index is 11.5. The molecule has 0 saturated carbocycles. The summed E-state index contributed by atoms with van der Waals surface area (Å²) in [7, 11) is 0. The fourth-order valence-corrected chi connectivity index (χ4v) is 2.16. The predicted octanol–water partition coefficient (Wildman–Crippen LogP) is 2.00. The van der Waals surface area contributed by atoms with Gasteiger partial charge in [-0.2, -0.15) is 0 Å². The molecule has 0 bridgehead atoms. The first kappa shape index (κ1) is 12.1. The molecule has 1 aromatic heterocycles. The Balaban J connectivity index is 2.45. The number of H-pyrrole nitrogens is 1. The number of hydrogen-bond acceptors (Lipinski definition) is 2. The van der Waals surface area contributed by atoms with E-state index in [9.17, 15) is 9.59 Å². The quantitative estimate of drug-likeness (QED) is 0.921. The minimum Gasteiger partial charge on any atom is -0.314 e. The summed E-state index contributed by atoms with van der Waals surface area (Å²) < 4.78 is 1.94. The van der Waals surface area contributed by atoms with Crippen LogP contribution in [0.2, 0.25) is 5.02 Å². The van der Waals surface area contributed by atoms with Crippen LogP contribution in [0.5, 0.6) is 0 Å². The molecule has 6 heteroatoms. The van der Waals surface area contributed by atoms with E-state index in [1.54, 1.807) is 12.1 Å². The van der Waals surface area contributed by atoms with Crippen LogP contribution in [-0.4, -0.2) is 9.55 Å². The highest BCUT2D eigenvalue weighted by molar-refractivity contribution is 9.10. The monoisotopic (exact) mass is 314 g/mol. The Morgan fingerprint density at radius 1 is 1.29 bits per heavy atom. The average molecular weight is 316 g/mol. The lowest BCUT2D eigenvalue weighted by atomic mass is 10.2. The molecule has 1 heterocycles. The summed E-state index contributed by atoms with van der Waals surface area (Å²) in [6, 6.07) is 6.60. The second kappa shape index (κ2) is 4.89. The topological polar surface area (TPSA) is 54.9 Å². The predicted molar refractivity (Wildman–Crippen MR) is 69.6 cm³/mol. The molecule has 0 saturated heterocycles. The summed E-state index contributed by atoms with van der Waals surface area (Å²) in [5, 5.41) is 0.509. The van der Waals surface area contributed by atoms with Crippen LogP contribution in [-0.2, 0) is 6.54 Å². The van der Waals surface area contributed by atoms with Gasteiger partial charge in [0, 0.05) is 21.8 Å². The van der Waals surface area contributed by atoms with Crippen molar-refractivity contribution >= 4 is 27.5 Å². The van der Waals surface area contributed by atoms with E-state index in [1.807, 2.05) is 6.07 Å². The summed E-state index contributed by atoms with van der Waals surface area (Å²) >= 11 is 9.32. The highest BCUT2D eigenvalue weighted by atomic mass is 79.9. The summed E-state index contributed by atoms with van der Waals surface area (Å²) in [4.78, 5) is 25.4. The number of rotatable bonds is 2. The third kappa shape index (κ3) is 2.68. The SMILES string of the molecule is O=c1cc[nH]c(=O)n1Cc1ccc(Br)cc1Cl. The molecule has 0 radical (unpaired) electrons. The van der Waals surface area contributed by atoms with E-state index in [0.717, 1.165) is 9.04 Å². The van der Waals surface area contributed by atoms with E-state index < -0.39 is 5.69 Å². The number of aromatic nitrogens is 2. The lowest BCUT2D eigenvalue weighted by molar-refractivity contribution is 0.699. The van der Waals surface area contributed by atoms with Crippen molar-refractivity contribution in [2.75, 3.05) is 0 Å². The highest BCUT2D eigenvalue weighted by Crippen LogP contribution is 2.21. The second-order valence-electron chi connectivity index (χ2n) is 3.44. The van der Waals surface area contributed by atoms with Gasteiger partial charge in [-0.1, -0.05) is 33.6 Å². The molecule has 0 unspecified atom stereocenters. The molecule has 1 aromatic carbocycles. The Bertz CT molecular complexity index is 635. The van der Waals surface area contributed by atoms with Crippen LogP contribution in [0.15, 0.2) is 44.5 Å². The van der Waals surface area contributed by atoms with Crippen molar-refractivity contribution in [3.63, 3.8) is 0 Å². The number of nitrogens with one attached hydrogen (secondary N) is 1. The Hall–Kier alpha value is -1.33. The molecule has 0 aliphatic carbocycles. The molecule has 2 aromatic rings. The van der Waals surface area contributed by atoms with Gasteiger partial charge in [-0.25, -0.2) is 4.79 Å². The van der Waals surface area contributed by atoms with Gasteiger partial charge in [-0.05, 0) is 17.7 Å². The maximum Gasteiger partial charge on any atom is 0.328 e. The molecule has 1 N–H and O–H groups in total. The van der Waals surface area contributed by atoms with Crippen LogP contribution in [0, 0.1) is 0 Å². The van der Waals surface area contributed by atoms with E-state index in [1.165, 1.54) is 12.3 Å². The van der Waals surface area contributed by atoms with Crippen LogP contribution in [0.4, 0.5) is 0 Å². The number of nitrogens with zero attached hydrogens (tertiary/aromatic N) is 1. The Morgan fingerprint density at radius 2 is 2.06 bits per heavy atom. The van der Waals surface area contributed by atoms with Crippen molar-refractivity contribution in [3.8, 4) is 0 Å². The van der Waals surface area contributed by atoms with Gasteiger partial charge < -0.3 is 4.98 Å². The largest absolute Gasteiger partial charge is 0.328 e. The van der Waals surface area contributed by atoms with Gasteiger partial charge in [-0.15, -0.1) is 0 Å². The summed E-state index contributed by atoms with van der Waals surface area (Å²) in [6.07, 6.45) is 1.32. The van der Waals surface area contributed by atoms with Crippen molar-refractivity contribution < 1.29 is 0 Å². The molecule has 4 nitrogen and oxygen atoms in total. The molecule has 0 spiro atoms. The standard InChI is InChI=1S/C11H8BrClN2O2/c12-8-2-1-7(9(13)5-8)6-15-10(16)3-4-14-11(15)17/h1-5H,6H2,(H,14,17). The second-order valence-corrected chi connectivity index (χ2v) is 4.77. The molecule has 17 heavy (non-hydrogen) atoms. The van der Waals surface area contributed by atoms with Crippen molar-refractivity contribution in [2.45, 2.75) is 6.54 Å². The molecular formula is C11H8BrClN2O2. The van der Waals surface area contributed by atoms with E-state index in [-0.39, 0.29) is 12.1 Å². The molecule has 0 aliphatic rings. The molecule has 0 fully saturated rings. The van der Waals surface area contributed by atoms with E-state index in [2.05, 4.69) is 20.9 Å². The van der Waals surface area contributed by atoms with Crippen molar-refractivity contribution in [3.05, 3.63) is 66.4 Å². The van der Waals surface area contributed by atoms with Crippen LogP contribution in [0.25, 0.3) is 0 Å². The lowest BCUT2D eigenvalue weighted by Gasteiger charge is -2.06. The zero-order valence-corrected chi connectivity index (χ0v) is 11.0. The van der Waals surface area contributed by atoms with Crippen LogP contribution < -0.4 is 11.2 Å². The number of benzene rings is 1. The van der Waals surface area contributed by atoms with E-state index in [4.69, 9.17) is 11.6 Å². The molecular weight excluding hydrogens is 307 g/mol. The Labute approximate surface area is 110 Å². The third-order valence-corrected chi connectivity index (χ3v) is 3.13. The Morgan fingerprint density at radius 3 is 2.71 bits per heavy atom. The lowest BCUT2D eigenvalue weighted by Crippen LogP contribution is -2.34. The van der Waals surface area contributed by atoms with Crippen molar-refractivity contribution in [1.82, 2.24) is 9.55 Å². The number of halogens is 2. The van der Waals surface area contributed by atoms with Gasteiger partial charge in [0.15, 0.2) is 0 Å². The molecule has 2 rings (SSSR count). The average Bonchev–Trinajstić information content (AvgIpc) is 2.26. The van der Waals surface area contributed by atoms with Crippen molar-refractivity contribution in [1.29, 1.82) is 0 Å². The molecule has 0 aliphatic heterocycles. The first-order chi connectivity index (χ1) is 8.08. The van der Waals surface area contributed by atoms with Gasteiger partial charge >= 0.3 is 5.69 Å².